The monoisotopic (exact) mass is 295 g/mol. The molecule has 21 heavy (non-hydrogen) atoms. The third kappa shape index (κ3) is 4.01. The number of hydrogen-bond donors (Lipinski definition) is 2. The molecule has 1 heterocycles. The van der Waals surface area contributed by atoms with Gasteiger partial charge in [-0.1, -0.05) is 12.1 Å². The van der Waals surface area contributed by atoms with Gasteiger partial charge in [0, 0.05) is 13.1 Å². The summed E-state index contributed by atoms with van der Waals surface area (Å²) in [6.07, 6.45) is -0.0569. The largest absolute Gasteiger partial charge is 0.481 e. The molecule has 5 nitrogen and oxygen atoms in total. The summed E-state index contributed by atoms with van der Waals surface area (Å²) < 4.78 is 13.1. The number of rotatable bonds is 4. The van der Waals surface area contributed by atoms with Crippen molar-refractivity contribution < 1.29 is 24.2 Å². The van der Waals surface area contributed by atoms with Crippen molar-refractivity contribution in [1.29, 1.82) is 0 Å². The predicted molar refractivity (Wildman–Crippen MR) is 72.9 cm³/mol. The van der Waals surface area contributed by atoms with Crippen molar-refractivity contribution in [2.75, 3.05) is 13.1 Å². The summed E-state index contributed by atoms with van der Waals surface area (Å²) in [6, 6.07) is 5.48. The molecule has 1 aliphatic rings. The van der Waals surface area contributed by atoms with E-state index >= 15 is 0 Å². The van der Waals surface area contributed by atoms with Gasteiger partial charge in [0.25, 0.3) is 0 Å². The van der Waals surface area contributed by atoms with Crippen molar-refractivity contribution in [3.63, 3.8) is 0 Å². The molecule has 0 saturated carbocycles. The maximum absolute atomic E-state index is 13.1. The van der Waals surface area contributed by atoms with Crippen molar-refractivity contribution in [2.45, 2.75) is 25.4 Å². The number of carbonyl (C=O) groups excluding carboxylic acids is 1. The number of carbonyl (C=O) groups is 2. The number of halogens is 1. The summed E-state index contributed by atoms with van der Waals surface area (Å²) in [6.45, 7) is 0.669. The predicted octanol–water partition coefficient (Wildman–Crippen LogP) is 1.57. The number of aliphatic hydroxyl groups is 1. The summed E-state index contributed by atoms with van der Waals surface area (Å²) in [5.74, 6) is -2.23. The molecule has 2 rings (SSSR count). The standard InChI is InChI=1S/C15H18FNO4/c16-12-5-1-3-10(7-12)13(18)8-14(19)17-6-2-4-11(9-17)15(20)21/h1,3,5,7,11,13,18H,2,4,6,8-9H2,(H,20,21). The molecular weight excluding hydrogens is 277 g/mol. The van der Waals surface area contributed by atoms with E-state index in [2.05, 4.69) is 0 Å². The Morgan fingerprint density at radius 3 is 2.86 bits per heavy atom. The van der Waals surface area contributed by atoms with Gasteiger partial charge in [-0.05, 0) is 30.5 Å². The van der Waals surface area contributed by atoms with Crippen molar-refractivity contribution in [2.24, 2.45) is 5.92 Å². The molecule has 2 atom stereocenters. The summed E-state index contributed by atoms with van der Waals surface area (Å²) in [4.78, 5) is 24.6. The minimum atomic E-state index is -1.08. The van der Waals surface area contributed by atoms with E-state index in [4.69, 9.17) is 5.11 Å². The van der Waals surface area contributed by atoms with Crippen molar-refractivity contribution >= 4 is 11.9 Å². The van der Waals surface area contributed by atoms with Crippen LogP contribution in [-0.4, -0.2) is 40.1 Å². The highest BCUT2D eigenvalue weighted by Crippen LogP contribution is 2.22. The van der Waals surface area contributed by atoms with Crippen LogP contribution < -0.4 is 0 Å². The molecule has 2 unspecified atom stereocenters. The van der Waals surface area contributed by atoms with Gasteiger partial charge in [-0.15, -0.1) is 0 Å². The molecule has 0 aromatic heterocycles. The molecule has 0 bridgehead atoms. The number of amides is 1. The normalized spacial score (nSPS) is 20.1. The molecule has 2 N–H and O–H groups in total. The lowest BCUT2D eigenvalue weighted by Crippen LogP contribution is -2.42. The molecule has 1 fully saturated rings. The zero-order valence-electron chi connectivity index (χ0n) is 11.5. The molecule has 0 aliphatic carbocycles. The van der Waals surface area contributed by atoms with Crippen molar-refractivity contribution in [3.05, 3.63) is 35.6 Å². The first-order valence-corrected chi connectivity index (χ1v) is 6.91. The van der Waals surface area contributed by atoms with E-state index < -0.39 is 23.8 Å². The average molecular weight is 295 g/mol. The molecule has 0 spiro atoms. The molecule has 1 aromatic rings. The minimum absolute atomic E-state index is 0.171. The SMILES string of the molecule is O=C(O)C1CCCN(C(=O)CC(O)c2cccc(F)c2)C1. The Morgan fingerprint density at radius 2 is 2.19 bits per heavy atom. The van der Waals surface area contributed by atoms with Gasteiger partial charge in [-0.3, -0.25) is 9.59 Å². The van der Waals surface area contributed by atoms with E-state index in [1.54, 1.807) is 6.07 Å². The van der Waals surface area contributed by atoms with Gasteiger partial charge in [0.15, 0.2) is 0 Å². The molecular formula is C15H18FNO4. The fourth-order valence-corrected chi connectivity index (χ4v) is 2.53. The Balaban J connectivity index is 1.96. The molecule has 1 aromatic carbocycles. The highest BCUT2D eigenvalue weighted by Gasteiger charge is 2.29. The Bertz CT molecular complexity index is 534. The topological polar surface area (TPSA) is 77.8 Å². The number of aliphatic carboxylic acids is 1. The van der Waals surface area contributed by atoms with Crippen LogP contribution in [0, 0.1) is 11.7 Å². The van der Waals surface area contributed by atoms with E-state index in [-0.39, 0.29) is 18.9 Å². The van der Waals surface area contributed by atoms with E-state index in [0.29, 0.717) is 24.9 Å². The van der Waals surface area contributed by atoms with Crippen LogP contribution in [0.2, 0.25) is 0 Å². The van der Waals surface area contributed by atoms with Gasteiger partial charge in [0.05, 0.1) is 18.4 Å². The maximum Gasteiger partial charge on any atom is 0.308 e. The van der Waals surface area contributed by atoms with Crippen LogP contribution in [0.15, 0.2) is 24.3 Å². The quantitative estimate of drug-likeness (QED) is 0.884. The lowest BCUT2D eigenvalue weighted by Gasteiger charge is -2.31. The fraction of sp³-hybridized carbons (Fsp3) is 0.467. The van der Waals surface area contributed by atoms with Crippen molar-refractivity contribution in [1.82, 2.24) is 4.90 Å². The number of hydrogen-bond acceptors (Lipinski definition) is 3. The molecule has 1 aliphatic heterocycles. The molecule has 1 amide bonds. The Labute approximate surface area is 122 Å². The van der Waals surface area contributed by atoms with Gasteiger partial charge in [0.2, 0.25) is 5.91 Å². The number of benzene rings is 1. The van der Waals surface area contributed by atoms with E-state index in [1.165, 1.54) is 23.1 Å². The highest BCUT2D eigenvalue weighted by molar-refractivity contribution is 5.78. The van der Waals surface area contributed by atoms with Crippen molar-refractivity contribution in [3.8, 4) is 0 Å². The Morgan fingerprint density at radius 1 is 1.43 bits per heavy atom. The molecule has 0 radical (unpaired) electrons. The first-order chi connectivity index (χ1) is 9.97. The van der Waals surface area contributed by atoms with E-state index in [0.717, 1.165) is 0 Å². The van der Waals surface area contributed by atoms with Crippen LogP contribution in [0.1, 0.15) is 30.9 Å². The minimum Gasteiger partial charge on any atom is -0.481 e. The summed E-state index contributed by atoms with van der Waals surface area (Å²) in [5, 5.41) is 19.0. The second kappa shape index (κ2) is 6.67. The molecule has 114 valence electrons. The third-order valence-electron chi connectivity index (χ3n) is 3.72. The van der Waals surface area contributed by atoms with Crippen LogP contribution in [-0.2, 0) is 9.59 Å². The second-order valence-corrected chi connectivity index (χ2v) is 5.29. The van der Waals surface area contributed by atoms with E-state index in [9.17, 15) is 19.1 Å². The number of nitrogens with zero attached hydrogens (tertiary/aromatic N) is 1. The van der Waals surface area contributed by atoms with Crippen LogP contribution >= 0.6 is 0 Å². The zero-order valence-corrected chi connectivity index (χ0v) is 11.5. The smallest absolute Gasteiger partial charge is 0.308 e. The Kier molecular flexibility index (Phi) is 4.90. The van der Waals surface area contributed by atoms with Gasteiger partial charge in [-0.2, -0.15) is 0 Å². The first kappa shape index (κ1) is 15.4. The van der Waals surface area contributed by atoms with Crippen LogP contribution in [0.5, 0.6) is 0 Å². The summed E-state index contributed by atoms with van der Waals surface area (Å²) in [5.41, 5.74) is 0.343. The van der Waals surface area contributed by atoms with Crippen LogP contribution in [0.25, 0.3) is 0 Å². The molecule has 6 heteroatoms. The Hall–Kier alpha value is -1.95. The van der Waals surface area contributed by atoms with Gasteiger partial charge in [-0.25, -0.2) is 4.39 Å². The lowest BCUT2D eigenvalue weighted by atomic mass is 9.97. The van der Waals surface area contributed by atoms with Crippen LogP contribution in [0.3, 0.4) is 0 Å². The first-order valence-electron chi connectivity index (χ1n) is 6.91. The number of likely N-dealkylation sites (tertiary alicyclic amines) is 1. The van der Waals surface area contributed by atoms with Gasteiger partial charge < -0.3 is 15.1 Å². The second-order valence-electron chi connectivity index (χ2n) is 5.29. The number of aliphatic hydroxyl groups excluding tert-OH is 1. The summed E-state index contributed by atoms with van der Waals surface area (Å²) in [7, 11) is 0. The lowest BCUT2D eigenvalue weighted by molar-refractivity contribution is -0.146. The van der Waals surface area contributed by atoms with Gasteiger partial charge in [0.1, 0.15) is 5.82 Å². The van der Waals surface area contributed by atoms with Crippen LogP contribution in [0.4, 0.5) is 4.39 Å². The van der Waals surface area contributed by atoms with E-state index in [1.807, 2.05) is 0 Å². The average Bonchev–Trinajstić information content (AvgIpc) is 2.47. The fourth-order valence-electron chi connectivity index (χ4n) is 2.53. The summed E-state index contributed by atoms with van der Waals surface area (Å²) >= 11 is 0. The highest BCUT2D eigenvalue weighted by atomic mass is 19.1. The molecule has 1 saturated heterocycles. The van der Waals surface area contributed by atoms with Gasteiger partial charge >= 0.3 is 5.97 Å². The third-order valence-corrected chi connectivity index (χ3v) is 3.72. The number of carboxylic acids is 1. The maximum atomic E-state index is 13.1. The number of carboxylic acid groups (broad SMARTS) is 1. The zero-order chi connectivity index (χ0) is 15.4. The number of piperidine rings is 1.